The van der Waals surface area contributed by atoms with Gasteiger partial charge in [0.15, 0.2) is 0 Å². The lowest BCUT2D eigenvalue weighted by Crippen LogP contribution is -2.23. The molecule has 0 spiro atoms. The van der Waals surface area contributed by atoms with Crippen molar-refractivity contribution in [1.82, 2.24) is 5.32 Å². The van der Waals surface area contributed by atoms with Gasteiger partial charge in [0.1, 0.15) is 11.7 Å². The van der Waals surface area contributed by atoms with Crippen LogP contribution in [0.3, 0.4) is 0 Å². The van der Waals surface area contributed by atoms with Crippen molar-refractivity contribution in [3.8, 4) is 0 Å². The molecule has 0 fully saturated rings. The van der Waals surface area contributed by atoms with Crippen LogP contribution in [-0.4, -0.2) is 18.9 Å². The molecule has 74 valence electrons. The van der Waals surface area contributed by atoms with Crippen molar-refractivity contribution in [2.75, 3.05) is 13.1 Å². The Hall–Kier alpha value is -1.38. The van der Waals surface area contributed by atoms with Crippen LogP contribution in [0, 0.1) is 5.82 Å². The molecule has 1 aromatic carbocycles. The third kappa shape index (κ3) is 1.76. The van der Waals surface area contributed by atoms with Gasteiger partial charge in [-0.1, -0.05) is 19.1 Å². The molecule has 0 aliphatic carbocycles. The molecule has 0 saturated heterocycles. The fraction of sp³-hybridized carbons (Fsp3) is 0.364. The zero-order valence-corrected chi connectivity index (χ0v) is 8.13. The Bertz CT molecular complexity index is 343. The maximum absolute atomic E-state index is 12.7. The average molecular weight is 192 g/mol. The number of benzene rings is 1. The van der Waals surface area contributed by atoms with E-state index in [0.29, 0.717) is 0 Å². The summed E-state index contributed by atoms with van der Waals surface area (Å²) in [6, 6.07) is 6.59. The standard InChI is InChI=1S/C11H13FN2/c1-8(11-13-6-7-14-11)9-2-4-10(12)5-3-9/h2-5,8H,6-7H2,1H3,(H,13,14). The minimum absolute atomic E-state index is 0.192. The van der Waals surface area contributed by atoms with Crippen LogP contribution in [0.15, 0.2) is 29.3 Å². The largest absolute Gasteiger partial charge is 0.371 e. The summed E-state index contributed by atoms with van der Waals surface area (Å²) in [6.45, 7) is 3.84. The summed E-state index contributed by atoms with van der Waals surface area (Å²) in [5.74, 6) is 1.05. The first-order valence-electron chi connectivity index (χ1n) is 4.81. The summed E-state index contributed by atoms with van der Waals surface area (Å²) < 4.78 is 12.7. The van der Waals surface area contributed by atoms with Crippen molar-refractivity contribution in [2.24, 2.45) is 4.99 Å². The number of hydrogen-bond donors (Lipinski definition) is 1. The highest BCUT2D eigenvalue weighted by molar-refractivity contribution is 5.89. The Kier molecular flexibility index (Phi) is 2.48. The number of hydrogen-bond acceptors (Lipinski definition) is 2. The van der Waals surface area contributed by atoms with Crippen LogP contribution >= 0.6 is 0 Å². The molecule has 2 nitrogen and oxygen atoms in total. The minimum atomic E-state index is -0.192. The van der Waals surface area contributed by atoms with Gasteiger partial charge in [-0.25, -0.2) is 4.39 Å². The van der Waals surface area contributed by atoms with E-state index >= 15 is 0 Å². The van der Waals surface area contributed by atoms with E-state index in [1.807, 2.05) is 12.1 Å². The predicted octanol–water partition coefficient (Wildman–Crippen LogP) is 1.93. The fourth-order valence-corrected chi connectivity index (χ4v) is 1.62. The van der Waals surface area contributed by atoms with E-state index in [2.05, 4.69) is 17.2 Å². The van der Waals surface area contributed by atoms with Crippen molar-refractivity contribution >= 4 is 5.84 Å². The van der Waals surface area contributed by atoms with E-state index in [1.54, 1.807) is 0 Å². The van der Waals surface area contributed by atoms with E-state index in [9.17, 15) is 4.39 Å². The molecule has 1 aliphatic heterocycles. The monoisotopic (exact) mass is 192 g/mol. The number of amidine groups is 1. The second-order valence-corrected chi connectivity index (χ2v) is 3.47. The van der Waals surface area contributed by atoms with Crippen LogP contribution in [0.1, 0.15) is 18.4 Å². The molecule has 0 saturated carbocycles. The lowest BCUT2D eigenvalue weighted by Gasteiger charge is -2.12. The van der Waals surface area contributed by atoms with Crippen molar-refractivity contribution in [2.45, 2.75) is 12.8 Å². The molecule has 0 amide bonds. The van der Waals surface area contributed by atoms with E-state index in [0.717, 1.165) is 24.5 Å². The second-order valence-electron chi connectivity index (χ2n) is 3.47. The Morgan fingerprint density at radius 2 is 2.07 bits per heavy atom. The molecule has 2 rings (SSSR count). The van der Waals surface area contributed by atoms with Crippen LogP contribution in [0.2, 0.25) is 0 Å². The van der Waals surface area contributed by atoms with E-state index in [1.165, 1.54) is 12.1 Å². The zero-order valence-electron chi connectivity index (χ0n) is 8.13. The SMILES string of the molecule is CC(C1=NCCN1)c1ccc(F)cc1. The second kappa shape index (κ2) is 3.78. The van der Waals surface area contributed by atoms with E-state index in [4.69, 9.17) is 0 Å². The van der Waals surface area contributed by atoms with Gasteiger partial charge in [0.05, 0.1) is 6.54 Å². The Labute approximate surface area is 82.9 Å². The lowest BCUT2D eigenvalue weighted by atomic mass is 10.0. The lowest BCUT2D eigenvalue weighted by molar-refractivity contribution is 0.627. The van der Waals surface area contributed by atoms with Crippen LogP contribution in [0.4, 0.5) is 4.39 Å². The van der Waals surface area contributed by atoms with Crippen molar-refractivity contribution < 1.29 is 4.39 Å². The molecule has 1 aromatic rings. The summed E-state index contributed by atoms with van der Waals surface area (Å²) in [5.41, 5.74) is 1.10. The van der Waals surface area contributed by atoms with Crippen LogP contribution in [-0.2, 0) is 0 Å². The molecule has 1 unspecified atom stereocenters. The molecule has 3 heteroatoms. The Morgan fingerprint density at radius 3 is 2.64 bits per heavy atom. The first-order valence-corrected chi connectivity index (χ1v) is 4.81. The average Bonchev–Trinajstić information content (AvgIpc) is 2.71. The minimum Gasteiger partial charge on any atom is -0.371 e. The highest BCUT2D eigenvalue weighted by Crippen LogP contribution is 2.17. The first kappa shape index (κ1) is 9.19. The van der Waals surface area contributed by atoms with Gasteiger partial charge in [-0.2, -0.15) is 0 Å². The number of nitrogens with one attached hydrogen (secondary N) is 1. The Morgan fingerprint density at radius 1 is 1.36 bits per heavy atom. The molecular formula is C11H13FN2. The number of aliphatic imine (C=N–C) groups is 1. The van der Waals surface area contributed by atoms with Gasteiger partial charge in [0.2, 0.25) is 0 Å². The summed E-state index contributed by atoms with van der Waals surface area (Å²) in [4.78, 5) is 4.35. The third-order valence-corrected chi connectivity index (χ3v) is 2.48. The molecular weight excluding hydrogens is 179 g/mol. The normalized spacial score (nSPS) is 17.4. The summed E-state index contributed by atoms with van der Waals surface area (Å²) in [6.07, 6.45) is 0. The molecule has 0 radical (unpaired) electrons. The van der Waals surface area contributed by atoms with Crippen molar-refractivity contribution in [3.63, 3.8) is 0 Å². The van der Waals surface area contributed by atoms with Gasteiger partial charge in [-0.05, 0) is 17.7 Å². The van der Waals surface area contributed by atoms with Gasteiger partial charge in [-0.15, -0.1) is 0 Å². The number of nitrogens with zero attached hydrogens (tertiary/aromatic N) is 1. The molecule has 1 N–H and O–H groups in total. The van der Waals surface area contributed by atoms with Gasteiger partial charge in [0, 0.05) is 12.5 Å². The van der Waals surface area contributed by atoms with Gasteiger partial charge in [-0.3, -0.25) is 4.99 Å². The van der Waals surface area contributed by atoms with Crippen LogP contribution in [0.5, 0.6) is 0 Å². The third-order valence-electron chi connectivity index (χ3n) is 2.48. The molecule has 14 heavy (non-hydrogen) atoms. The predicted molar refractivity (Wildman–Crippen MR) is 55.1 cm³/mol. The molecule has 0 bridgehead atoms. The van der Waals surface area contributed by atoms with Crippen LogP contribution < -0.4 is 5.32 Å². The maximum atomic E-state index is 12.7. The Balaban J connectivity index is 2.18. The van der Waals surface area contributed by atoms with E-state index in [-0.39, 0.29) is 11.7 Å². The van der Waals surface area contributed by atoms with Gasteiger partial charge in [0.25, 0.3) is 0 Å². The summed E-state index contributed by atoms with van der Waals surface area (Å²) in [5, 5.41) is 3.23. The van der Waals surface area contributed by atoms with E-state index < -0.39 is 0 Å². The summed E-state index contributed by atoms with van der Waals surface area (Å²) in [7, 11) is 0. The van der Waals surface area contributed by atoms with Crippen molar-refractivity contribution in [3.05, 3.63) is 35.6 Å². The highest BCUT2D eigenvalue weighted by atomic mass is 19.1. The topological polar surface area (TPSA) is 24.4 Å². The molecule has 1 aliphatic rings. The fourth-order valence-electron chi connectivity index (χ4n) is 1.62. The van der Waals surface area contributed by atoms with Crippen molar-refractivity contribution in [1.29, 1.82) is 0 Å². The first-order chi connectivity index (χ1) is 6.77. The smallest absolute Gasteiger partial charge is 0.123 e. The number of rotatable bonds is 2. The maximum Gasteiger partial charge on any atom is 0.123 e. The molecule has 0 aromatic heterocycles. The molecule has 1 heterocycles. The molecule has 1 atom stereocenters. The zero-order chi connectivity index (χ0) is 9.97. The van der Waals surface area contributed by atoms with Gasteiger partial charge >= 0.3 is 0 Å². The number of halogens is 1. The van der Waals surface area contributed by atoms with Crippen LogP contribution in [0.25, 0.3) is 0 Å². The quantitative estimate of drug-likeness (QED) is 0.760. The van der Waals surface area contributed by atoms with Gasteiger partial charge < -0.3 is 5.32 Å². The summed E-state index contributed by atoms with van der Waals surface area (Å²) >= 11 is 0. The highest BCUT2D eigenvalue weighted by Gasteiger charge is 2.15.